The van der Waals surface area contributed by atoms with Gasteiger partial charge in [-0.25, -0.2) is 4.98 Å². The summed E-state index contributed by atoms with van der Waals surface area (Å²) in [6, 6.07) is 8.99. The summed E-state index contributed by atoms with van der Waals surface area (Å²) < 4.78 is 2.22. The summed E-state index contributed by atoms with van der Waals surface area (Å²) in [4.78, 5) is 4.28. The average molecular weight is 214 g/mol. The van der Waals surface area contributed by atoms with Gasteiger partial charge in [0, 0.05) is 12.4 Å². The molecule has 0 fully saturated rings. The van der Waals surface area contributed by atoms with E-state index in [-0.39, 0.29) is 0 Å². The Morgan fingerprint density at radius 3 is 2.69 bits per heavy atom. The largest absolute Gasteiger partial charge is 0.328 e. The van der Waals surface area contributed by atoms with E-state index >= 15 is 0 Å². The zero-order chi connectivity index (χ0) is 11.5. The van der Waals surface area contributed by atoms with Crippen molar-refractivity contribution in [1.29, 1.82) is 0 Å². The van der Waals surface area contributed by atoms with Gasteiger partial charge in [-0.2, -0.15) is 0 Å². The van der Waals surface area contributed by atoms with Crippen LogP contribution in [0.25, 0.3) is 0 Å². The lowest BCUT2D eigenvalue weighted by Gasteiger charge is -2.18. The Bertz CT molecular complexity index is 471. The number of rotatable bonds is 3. The molecule has 16 heavy (non-hydrogen) atoms. The Balaban J connectivity index is 2.41. The van der Waals surface area contributed by atoms with E-state index in [1.165, 1.54) is 11.1 Å². The van der Waals surface area contributed by atoms with Crippen molar-refractivity contribution in [2.45, 2.75) is 33.2 Å². The normalized spacial score (nSPS) is 12.7. The van der Waals surface area contributed by atoms with Gasteiger partial charge in [-0.1, -0.05) is 31.2 Å². The van der Waals surface area contributed by atoms with Crippen LogP contribution in [0.5, 0.6) is 0 Å². The fourth-order valence-corrected chi connectivity index (χ4v) is 2.21. The van der Waals surface area contributed by atoms with Crippen LogP contribution in [0.15, 0.2) is 36.7 Å². The molecule has 0 bridgehead atoms. The zero-order valence-corrected chi connectivity index (χ0v) is 10.1. The first kappa shape index (κ1) is 10.9. The van der Waals surface area contributed by atoms with Crippen LogP contribution in [0.2, 0.25) is 0 Å². The Morgan fingerprint density at radius 1 is 1.31 bits per heavy atom. The van der Waals surface area contributed by atoms with Crippen molar-refractivity contribution in [3.63, 3.8) is 0 Å². The molecule has 0 spiro atoms. The van der Waals surface area contributed by atoms with E-state index < -0.39 is 0 Å². The fourth-order valence-electron chi connectivity index (χ4n) is 2.21. The van der Waals surface area contributed by atoms with Crippen LogP contribution in [0.1, 0.15) is 36.8 Å². The standard InChI is InChI=1S/C14H18N2/c1-4-13-7-5-6-8-14(13)11(2)16-10-9-15-12(16)3/h5-11H,4H2,1-3H3. The maximum Gasteiger partial charge on any atom is 0.106 e. The highest BCUT2D eigenvalue weighted by atomic mass is 15.1. The third-order valence-electron chi connectivity index (χ3n) is 3.17. The first-order valence-corrected chi connectivity index (χ1v) is 5.81. The van der Waals surface area contributed by atoms with Crippen molar-refractivity contribution in [2.24, 2.45) is 0 Å². The van der Waals surface area contributed by atoms with E-state index in [1.807, 2.05) is 19.3 Å². The smallest absolute Gasteiger partial charge is 0.106 e. The van der Waals surface area contributed by atoms with Crippen LogP contribution >= 0.6 is 0 Å². The Hall–Kier alpha value is -1.57. The van der Waals surface area contributed by atoms with Crippen molar-refractivity contribution in [2.75, 3.05) is 0 Å². The lowest BCUT2D eigenvalue weighted by molar-refractivity contribution is 0.613. The van der Waals surface area contributed by atoms with Gasteiger partial charge in [0.1, 0.15) is 5.82 Å². The molecule has 0 radical (unpaired) electrons. The molecule has 1 aromatic heterocycles. The second-order valence-electron chi connectivity index (χ2n) is 4.11. The highest BCUT2D eigenvalue weighted by Crippen LogP contribution is 2.23. The molecular formula is C14H18N2. The Labute approximate surface area is 97.0 Å². The lowest BCUT2D eigenvalue weighted by atomic mass is 9.99. The molecule has 1 unspecified atom stereocenters. The molecule has 0 saturated carbocycles. The first-order chi connectivity index (χ1) is 7.74. The Kier molecular flexibility index (Phi) is 3.09. The summed E-state index contributed by atoms with van der Waals surface area (Å²) in [5.41, 5.74) is 2.81. The summed E-state index contributed by atoms with van der Waals surface area (Å²) in [7, 11) is 0. The van der Waals surface area contributed by atoms with Crippen molar-refractivity contribution in [3.05, 3.63) is 53.6 Å². The zero-order valence-electron chi connectivity index (χ0n) is 10.1. The fraction of sp³-hybridized carbons (Fsp3) is 0.357. The Morgan fingerprint density at radius 2 is 2.06 bits per heavy atom. The maximum absolute atomic E-state index is 4.28. The van der Waals surface area contributed by atoms with Crippen molar-refractivity contribution < 1.29 is 0 Å². The third kappa shape index (κ3) is 1.87. The summed E-state index contributed by atoms with van der Waals surface area (Å²) in [6.07, 6.45) is 4.99. The number of hydrogen-bond donors (Lipinski definition) is 0. The van der Waals surface area contributed by atoms with Crippen LogP contribution in [0, 0.1) is 6.92 Å². The van der Waals surface area contributed by atoms with Crippen molar-refractivity contribution in [1.82, 2.24) is 9.55 Å². The summed E-state index contributed by atoms with van der Waals surface area (Å²) >= 11 is 0. The molecule has 0 aliphatic rings. The molecular weight excluding hydrogens is 196 g/mol. The first-order valence-electron chi connectivity index (χ1n) is 5.81. The van der Waals surface area contributed by atoms with Gasteiger partial charge in [-0.05, 0) is 31.4 Å². The van der Waals surface area contributed by atoms with E-state index in [2.05, 4.69) is 47.7 Å². The van der Waals surface area contributed by atoms with Crippen LogP contribution < -0.4 is 0 Å². The van der Waals surface area contributed by atoms with E-state index in [1.54, 1.807) is 0 Å². The number of nitrogens with zero attached hydrogens (tertiary/aromatic N) is 2. The number of imidazole rings is 1. The minimum absolute atomic E-state index is 0.360. The van der Waals surface area contributed by atoms with Gasteiger partial charge in [0.15, 0.2) is 0 Å². The predicted molar refractivity (Wildman–Crippen MR) is 66.6 cm³/mol. The van der Waals surface area contributed by atoms with Gasteiger partial charge in [0.2, 0.25) is 0 Å². The highest BCUT2D eigenvalue weighted by molar-refractivity contribution is 5.30. The van der Waals surface area contributed by atoms with Crippen LogP contribution in [0.4, 0.5) is 0 Å². The van der Waals surface area contributed by atoms with Crippen LogP contribution in [-0.2, 0) is 6.42 Å². The minimum Gasteiger partial charge on any atom is -0.328 e. The number of benzene rings is 1. The molecule has 84 valence electrons. The maximum atomic E-state index is 4.28. The number of hydrogen-bond acceptors (Lipinski definition) is 1. The van der Waals surface area contributed by atoms with Crippen LogP contribution in [-0.4, -0.2) is 9.55 Å². The van der Waals surface area contributed by atoms with Gasteiger partial charge in [-0.15, -0.1) is 0 Å². The summed E-state index contributed by atoms with van der Waals surface area (Å²) in [5, 5.41) is 0. The van der Waals surface area contributed by atoms with E-state index in [4.69, 9.17) is 0 Å². The molecule has 0 aliphatic heterocycles. The van der Waals surface area contributed by atoms with Crippen LogP contribution in [0.3, 0.4) is 0 Å². The average Bonchev–Trinajstić information content (AvgIpc) is 2.74. The quantitative estimate of drug-likeness (QED) is 0.766. The summed E-state index contributed by atoms with van der Waals surface area (Å²) in [5.74, 6) is 1.07. The molecule has 2 heteroatoms. The SMILES string of the molecule is CCc1ccccc1C(C)n1ccnc1C. The van der Waals surface area contributed by atoms with Gasteiger partial charge in [-0.3, -0.25) is 0 Å². The molecule has 1 aromatic carbocycles. The monoisotopic (exact) mass is 214 g/mol. The predicted octanol–water partition coefficient (Wildman–Crippen LogP) is 3.36. The molecule has 0 aliphatic carbocycles. The third-order valence-corrected chi connectivity index (χ3v) is 3.17. The van der Waals surface area contributed by atoms with Crippen molar-refractivity contribution >= 4 is 0 Å². The van der Waals surface area contributed by atoms with Crippen molar-refractivity contribution in [3.8, 4) is 0 Å². The molecule has 2 aromatic rings. The van der Waals surface area contributed by atoms with Gasteiger partial charge in [0.05, 0.1) is 6.04 Å². The van der Waals surface area contributed by atoms with E-state index in [0.29, 0.717) is 6.04 Å². The van der Waals surface area contributed by atoms with Gasteiger partial charge in [0.25, 0.3) is 0 Å². The number of aryl methyl sites for hydroxylation is 2. The number of aromatic nitrogens is 2. The molecule has 0 N–H and O–H groups in total. The van der Waals surface area contributed by atoms with Gasteiger partial charge < -0.3 is 4.57 Å². The highest BCUT2D eigenvalue weighted by Gasteiger charge is 2.12. The topological polar surface area (TPSA) is 17.8 Å². The second-order valence-corrected chi connectivity index (χ2v) is 4.11. The molecule has 1 atom stereocenters. The van der Waals surface area contributed by atoms with E-state index in [0.717, 1.165) is 12.2 Å². The molecule has 1 heterocycles. The lowest BCUT2D eigenvalue weighted by Crippen LogP contribution is -2.09. The summed E-state index contributed by atoms with van der Waals surface area (Å²) in [6.45, 7) is 6.47. The minimum atomic E-state index is 0.360. The van der Waals surface area contributed by atoms with Gasteiger partial charge >= 0.3 is 0 Å². The second kappa shape index (κ2) is 4.52. The molecule has 2 rings (SSSR count). The molecule has 0 saturated heterocycles. The molecule has 2 nitrogen and oxygen atoms in total. The van der Waals surface area contributed by atoms with E-state index in [9.17, 15) is 0 Å². The molecule has 0 amide bonds.